The van der Waals surface area contributed by atoms with Crippen molar-refractivity contribution in [2.45, 2.75) is 13.3 Å². The first-order valence-corrected chi connectivity index (χ1v) is 5.25. The molecular weight excluding hydrogens is 283 g/mol. The number of carboxylic acids is 1. The van der Waals surface area contributed by atoms with Crippen LogP contribution in [0.4, 0.5) is 4.39 Å². The van der Waals surface area contributed by atoms with Gasteiger partial charge in [0.1, 0.15) is 0 Å². The molecule has 1 aromatic rings. The van der Waals surface area contributed by atoms with Crippen LogP contribution in [-0.4, -0.2) is 21.3 Å². The Labute approximate surface area is 99.5 Å². The Morgan fingerprint density at radius 3 is 2.56 bits per heavy atom. The number of benzene rings is 1. The molecule has 0 radical (unpaired) electrons. The monoisotopic (exact) mass is 292 g/mol. The standard InChI is InChI=1S/C10H10BrFO4/c1-4(10(15)16)2-5-3-6(11)7(12)9(14)8(5)13/h3-4,13-14H,2H2,1H3,(H,15,16). The zero-order chi connectivity index (χ0) is 12.5. The molecule has 1 atom stereocenters. The fourth-order valence-electron chi connectivity index (χ4n) is 1.23. The number of phenols is 2. The van der Waals surface area contributed by atoms with Crippen LogP contribution in [0.25, 0.3) is 0 Å². The molecule has 6 heteroatoms. The first-order valence-electron chi connectivity index (χ1n) is 4.46. The lowest BCUT2D eigenvalue weighted by Crippen LogP contribution is -2.12. The van der Waals surface area contributed by atoms with E-state index in [9.17, 15) is 19.4 Å². The average Bonchev–Trinajstić information content (AvgIpc) is 2.22. The number of carboxylic acid groups (broad SMARTS) is 1. The molecule has 0 aliphatic heterocycles. The Kier molecular flexibility index (Phi) is 3.74. The summed E-state index contributed by atoms with van der Waals surface area (Å²) in [6.45, 7) is 1.45. The maximum absolute atomic E-state index is 13.1. The summed E-state index contributed by atoms with van der Waals surface area (Å²) in [6, 6.07) is 1.25. The molecule has 0 amide bonds. The third kappa shape index (κ3) is 2.44. The second-order valence-electron chi connectivity index (χ2n) is 3.47. The predicted molar refractivity (Wildman–Crippen MR) is 57.9 cm³/mol. The van der Waals surface area contributed by atoms with Crippen LogP contribution in [0, 0.1) is 11.7 Å². The summed E-state index contributed by atoms with van der Waals surface area (Å²) in [7, 11) is 0. The third-order valence-electron chi connectivity index (χ3n) is 2.19. The molecule has 0 bridgehead atoms. The van der Waals surface area contributed by atoms with Crippen molar-refractivity contribution in [1.29, 1.82) is 0 Å². The Morgan fingerprint density at radius 2 is 2.06 bits per heavy atom. The first-order chi connectivity index (χ1) is 7.34. The Bertz CT molecular complexity index is 433. The maximum Gasteiger partial charge on any atom is 0.306 e. The number of aliphatic carboxylic acids is 1. The summed E-state index contributed by atoms with van der Waals surface area (Å²) < 4.78 is 13.1. The van der Waals surface area contributed by atoms with Gasteiger partial charge in [-0.3, -0.25) is 4.79 Å². The van der Waals surface area contributed by atoms with Gasteiger partial charge in [-0.1, -0.05) is 6.92 Å². The summed E-state index contributed by atoms with van der Waals surface area (Å²) in [4.78, 5) is 10.6. The number of carbonyl (C=O) groups is 1. The Morgan fingerprint density at radius 1 is 1.50 bits per heavy atom. The average molecular weight is 293 g/mol. The molecule has 1 unspecified atom stereocenters. The van der Waals surface area contributed by atoms with E-state index >= 15 is 0 Å². The van der Waals surface area contributed by atoms with E-state index in [1.165, 1.54) is 13.0 Å². The maximum atomic E-state index is 13.1. The number of aromatic hydroxyl groups is 2. The lowest BCUT2D eigenvalue weighted by atomic mass is 10.00. The summed E-state index contributed by atoms with van der Waals surface area (Å²) in [6.07, 6.45) is 0.00755. The van der Waals surface area contributed by atoms with E-state index in [0.29, 0.717) is 0 Å². The van der Waals surface area contributed by atoms with E-state index in [1.807, 2.05) is 0 Å². The predicted octanol–water partition coefficient (Wildman–Crippen LogP) is 2.26. The summed E-state index contributed by atoms with van der Waals surface area (Å²) in [5.41, 5.74) is 0.181. The lowest BCUT2D eigenvalue weighted by Gasteiger charge is -2.10. The normalized spacial score (nSPS) is 12.4. The number of halogens is 2. The SMILES string of the molecule is CC(Cc1cc(Br)c(F)c(O)c1O)C(=O)O. The van der Waals surface area contributed by atoms with Crippen molar-refractivity contribution in [2.24, 2.45) is 5.92 Å². The molecule has 3 N–H and O–H groups in total. The van der Waals surface area contributed by atoms with E-state index in [2.05, 4.69) is 15.9 Å². The van der Waals surface area contributed by atoms with Gasteiger partial charge < -0.3 is 15.3 Å². The van der Waals surface area contributed by atoms with E-state index in [0.717, 1.165) is 0 Å². The highest BCUT2D eigenvalue weighted by atomic mass is 79.9. The molecule has 88 valence electrons. The molecular formula is C10H10BrFO4. The first kappa shape index (κ1) is 12.8. The van der Waals surface area contributed by atoms with Crippen LogP contribution >= 0.6 is 15.9 Å². The van der Waals surface area contributed by atoms with E-state index in [1.54, 1.807) is 0 Å². The summed E-state index contributed by atoms with van der Waals surface area (Å²) >= 11 is 2.86. The van der Waals surface area contributed by atoms with Crippen LogP contribution in [0.3, 0.4) is 0 Å². The molecule has 1 rings (SSSR count). The molecule has 0 aromatic heterocycles. The zero-order valence-electron chi connectivity index (χ0n) is 8.37. The van der Waals surface area contributed by atoms with Gasteiger partial charge in [-0.25, -0.2) is 4.39 Å². The van der Waals surface area contributed by atoms with Crippen molar-refractivity contribution in [1.82, 2.24) is 0 Å². The second-order valence-corrected chi connectivity index (χ2v) is 4.33. The van der Waals surface area contributed by atoms with E-state index < -0.39 is 29.2 Å². The molecule has 0 fully saturated rings. The minimum atomic E-state index is -1.03. The molecule has 16 heavy (non-hydrogen) atoms. The minimum Gasteiger partial charge on any atom is -0.504 e. The van der Waals surface area contributed by atoms with Gasteiger partial charge >= 0.3 is 5.97 Å². The molecule has 4 nitrogen and oxygen atoms in total. The lowest BCUT2D eigenvalue weighted by molar-refractivity contribution is -0.141. The number of phenolic OH excluding ortho intramolecular Hbond substituents is 2. The van der Waals surface area contributed by atoms with Crippen LogP contribution in [0.2, 0.25) is 0 Å². The van der Waals surface area contributed by atoms with E-state index in [4.69, 9.17) is 5.11 Å². The molecule has 0 saturated heterocycles. The highest BCUT2D eigenvalue weighted by Gasteiger charge is 2.19. The van der Waals surface area contributed by atoms with Gasteiger partial charge in [0.15, 0.2) is 17.3 Å². The van der Waals surface area contributed by atoms with Crippen LogP contribution in [0.5, 0.6) is 11.5 Å². The van der Waals surface area contributed by atoms with Gasteiger partial charge in [-0.05, 0) is 34.0 Å². The van der Waals surface area contributed by atoms with Crippen molar-refractivity contribution in [3.05, 3.63) is 21.9 Å². The van der Waals surface area contributed by atoms with Crippen LogP contribution in [0.15, 0.2) is 10.5 Å². The second kappa shape index (κ2) is 4.69. The van der Waals surface area contributed by atoms with Crippen LogP contribution in [0.1, 0.15) is 12.5 Å². The molecule has 0 spiro atoms. The van der Waals surface area contributed by atoms with Crippen molar-refractivity contribution >= 4 is 21.9 Å². The fourth-order valence-corrected chi connectivity index (χ4v) is 1.69. The minimum absolute atomic E-state index is 0.00755. The highest BCUT2D eigenvalue weighted by molar-refractivity contribution is 9.10. The Balaban J connectivity index is 3.11. The quantitative estimate of drug-likeness (QED) is 0.747. The van der Waals surface area contributed by atoms with Gasteiger partial charge in [-0.15, -0.1) is 0 Å². The van der Waals surface area contributed by atoms with Gasteiger partial charge in [0.05, 0.1) is 10.4 Å². The molecule has 0 aliphatic carbocycles. The Hall–Kier alpha value is -1.30. The van der Waals surface area contributed by atoms with Crippen LogP contribution < -0.4 is 0 Å². The topological polar surface area (TPSA) is 77.8 Å². The van der Waals surface area contributed by atoms with Crippen molar-refractivity contribution in [3.8, 4) is 11.5 Å². The van der Waals surface area contributed by atoms with Gasteiger partial charge in [-0.2, -0.15) is 0 Å². The smallest absolute Gasteiger partial charge is 0.306 e. The van der Waals surface area contributed by atoms with Crippen molar-refractivity contribution in [3.63, 3.8) is 0 Å². The van der Waals surface area contributed by atoms with Crippen molar-refractivity contribution < 1.29 is 24.5 Å². The summed E-state index contributed by atoms with van der Waals surface area (Å²) in [5, 5.41) is 27.3. The van der Waals surface area contributed by atoms with Gasteiger partial charge in [0, 0.05) is 0 Å². The number of rotatable bonds is 3. The van der Waals surface area contributed by atoms with E-state index in [-0.39, 0.29) is 16.5 Å². The van der Waals surface area contributed by atoms with Gasteiger partial charge in [0.2, 0.25) is 0 Å². The molecule has 1 aromatic carbocycles. The number of hydrogen-bond donors (Lipinski definition) is 3. The van der Waals surface area contributed by atoms with Crippen LogP contribution in [-0.2, 0) is 11.2 Å². The third-order valence-corrected chi connectivity index (χ3v) is 2.77. The summed E-state index contributed by atoms with van der Waals surface area (Å²) in [5.74, 6) is -4.22. The molecule has 0 heterocycles. The van der Waals surface area contributed by atoms with Crippen molar-refractivity contribution in [2.75, 3.05) is 0 Å². The highest BCUT2D eigenvalue weighted by Crippen LogP contribution is 2.37. The number of hydrogen-bond acceptors (Lipinski definition) is 3. The zero-order valence-corrected chi connectivity index (χ0v) is 9.95. The molecule has 0 saturated carbocycles. The van der Waals surface area contributed by atoms with Gasteiger partial charge in [0.25, 0.3) is 0 Å². The largest absolute Gasteiger partial charge is 0.504 e. The fraction of sp³-hybridized carbons (Fsp3) is 0.300. The molecule has 0 aliphatic rings.